The summed E-state index contributed by atoms with van der Waals surface area (Å²) >= 11 is 0. The molecule has 0 atom stereocenters. The molecule has 0 saturated carbocycles. The van der Waals surface area contributed by atoms with Gasteiger partial charge in [0.1, 0.15) is 0 Å². The number of nitrogens with one attached hydrogen (secondary N) is 2. The van der Waals surface area contributed by atoms with Gasteiger partial charge in [-0.1, -0.05) is 30.3 Å². The van der Waals surface area contributed by atoms with E-state index < -0.39 is 26.6 Å². The van der Waals surface area contributed by atoms with Crippen LogP contribution >= 0.6 is 0 Å². The van der Waals surface area contributed by atoms with E-state index in [2.05, 4.69) is 27.1 Å². The van der Waals surface area contributed by atoms with E-state index in [1.54, 1.807) is 0 Å². The molecular weight excluding hydrogens is 400 g/mol. The zero-order valence-corrected chi connectivity index (χ0v) is 17.0. The first kappa shape index (κ1) is 22.9. The van der Waals surface area contributed by atoms with E-state index in [9.17, 15) is 22.0 Å². The molecule has 1 amide bonds. The van der Waals surface area contributed by atoms with Gasteiger partial charge in [-0.25, -0.2) is 21.9 Å². The van der Waals surface area contributed by atoms with Gasteiger partial charge in [-0.2, -0.15) is 0 Å². The second kappa shape index (κ2) is 11.0. The highest BCUT2D eigenvalue weighted by molar-refractivity contribution is 7.89. The van der Waals surface area contributed by atoms with Crippen molar-refractivity contribution in [2.75, 3.05) is 26.7 Å². The normalized spacial score (nSPS) is 11.6. The Balaban J connectivity index is 1.63. The van der Waals surface area contributed by atoms with Crippen LogP contribution in [0.5, 0.6) is 0 Å². The van der Waals surface area contributed by atoms with Gasteiger partial charge >= 0.3 is 0 Å². The molecule has 2 rings (SSSR count). The van der Waals surface area contributed by atoms with Crippen molar-refractivity contribution in [1.82, 2.24) is 14.9 Å². The Labute approximate surface area is 170 Å². The van der Waals surface area contributed by atoms with Gasteiger partial charge < -0.3 is 10.2 Å². The van der Waals surface area contributed by atoms with E-state index >= 15 is 0 Å². The molecule has 2 aromatic rings. The van der Waals surface area contributed by atoms with Crippen molar-refractivity contribution >= 4 is 15.9 Å². The smallest absolute Gasteiger partial charge is 0.240 e. The second-order valence-corrected chi connectivity index (χ2v) is 8.42. The van der Waals surface area contributed by atoms with E-state index in [0.717, 1.165) is 31.6 Å². The molecule has 158 valence electrons. The predicted octanol–water partition coefficient (Wildman–Crippen LogP) is 2.27. The lowest BCUT2D eigenvalue weighted by molar-refractivity contribution is -0.120. The third-order valence-corrected chi connectivity index (χ3v) is 5.64. The Morgan fingerprint density at radius 2 is 1.76 bits per heavy atom. The SMILES string of the molecule is CN(CCCNC(=O)CCNS(=O)(=O)c1ccc(F)c(F)c1)Cc1ccccc1. The largest absolute Gasteiger partial charge is 0.356 e. The maximum absolute atomic E-state index is 13.2. The summed E-state index contributed by atoms with van der Waals surface area (Å²) in [4.78, 5) is 13.6. The predicted molar refractivity (Wildman–Crippen MR) is 107 cm³/mol. The molecule has 0 aliphatic carbocycles. The van der Waals surface area contributed by atoms with E-state index in [-0.39, 0.29) is 18.9 Å². The van der Waals surface area contributed by atoms with Gasteiger partial charge in [-0.15, -0.1) is 0 Å². The lowest BCUT2D eigenvalue weighted by Crippen LogP contribution is -2.32. The zero-order valence-electron chi connectivity index (χ0n) is 16.2. The summed E-state index contributed by atoms with van der Waals surface area (Å²) in [5.41, 5.74) is 1.22. The van der Waals surface area contributed by atoms with Gasteiger partial charge in [-0.3, -0.25) is 4.79 Å². The fourth-order valence-corrected chi connectivity index (χ4v) is 3.71. The van der Waals surface area contributed by atoms with Crippen molar-refractivity contribution < 1.29 is 22.0 Å². The molecule has 2 N–H and O–H groups in total. The Kier molecular flexibility index (Phi) is 8.69. The summed E-state index contributed by atoms with van der Waals surface area (Å²) in [6, 6.07) is 12.4. The van der Waals surface area contributed by atoms with Crippen LogP contribution in [0.15, 0.2) is 53.4 Å². The van der Waals surface area contributed by atoms with Crippen LogP contribution in [0, 0.1) is 11.6 Å². The first-order valence-corrected chi connectivity index (χ1v) is 10.7. The third-order valence-electron chi connectivity index (χ3n) is 4.18. The Morgan fingerprint density at radius 1 is 1.03 bits per heavy atom. The summed E-state index contributed by atoms with van der Waals surface area (Å²) < 4.78 is 52.3. The van der Waals surface area contributed by atoms with Crippen LogP contribution in [-0.4, -0.2) is 45.9 Å². The lowest BCUT2D eigenvalue weighted by Gasteiger charge is -2.16. The number of carbonyl (C=O) groups excluding carboxylic acids is 1. The van der Waals surface area contributed by atoms with Gasteiger partial charge in [-0.05, 0) is 43.8 Å². The highest BCUT2D eigenvalue weighted by Crippen LogP contribution is 2.13. The molecule has 29 heavy (non-hydrogen) atoms. The minimum atomic E-state index is -4.00. The lowest BCUT2D eigenvalue weighted by atomic mass is 10.2. The molecule has 0 fully saturated rings. The molecule has 0 aromatic heterocycles. The van der Waals surface area contributed by atoms with Crippen molar-refractivity contribution in [2.45, 2.75) is 24.3 Å². The molecule has 0 spiro atoms. The standard InChI is InChI=1S/C20H25F2N3O3S/c1-25(15-16-6-3-2-4-7-16)13-5-11-23-20(26)10-12-24-29(27,28)17-8-9-18(21)19(22)14-17/h2-4,6-9,14,24H,5,10-13,15H2,1H3,(H,23,26). The number of hydrogen-bond acceptors (Lipinski definition) is 4. The Bertz CT molecular complexity index is 908. The zero-order chi connectivity index (χ0) is 21.3. The third kappa shape index (κ3) is 7.88. The van der Waals surface area contributed by atoms with E-state index in [1.165, 1.54) is 5.56 Å². The second-order valence-electron chi connectivity index (χ2n) is 6.65. The molecule has 0 unspecified atom stereocenters. The quantitative estimate of drug-likeness (QED) is 0.542. The highest BCUT2D eigenvalue weighted by Gasteiger charge is 2.16. The van der Waals surface area contributed by atoms with Crippen LogP contribution in [0.2, 0.25) is 0 Å². The summed E-state index contributed by atoms with van der Waals surface area (Å²) in [5, 5.41) is 2.73. The topological polar surface area (TPSA) is 78.5 Å². The molecule has 0 heterocycles. The summed E-state index contributed by atoms with van der Waals surface area (Å²) in [5.74, 6) is -2.66. The average molecular weight is 426 g/mol. The van der Waals surface area contributed by atoms with E-state index in [0.29, 0.717) is 12.6 Å². The minimum Gasteiger partial charge on any atom is -0.356 e. The van der Waals surface area contributed by atoms with Crippen molar-refractivity contribution in [3.05, 3.63) is 65.7 Å². The monoisotopic (exact) mass is 425 g/mol. The molecule has 0 saturated heterocycles. The van der Waals surface area contributed by atoms with Crippen LogP contribution in [0.3, 0.4) is 0 Å². The molecule has 0 aliphatic rings. The number of halogens is 2. The van der Waals surface area contributed by atoms with Crippen LogP contribution in [0.25, 0.3) is 0 Å². The molecule has 2 aromatic carbocycles. The number of carbonyl (C=O) groups is 1. The number of sulfonamides is 1. The van der Waals surface area contributed by atoms with E-state index in [1.807, 2.05) is 25.2 Å². The number of amides is 1. The van der Waals surface area contributed by atoms with Gasteiger partial charge in [0.25, 0.3) is 0 Å². The maximum atomic E-state index is 13.2. The van der Waals surface area contributed by atoms with Crippen molar-refractivity contribution in [3.63, 3.8) is 0 Å². The number of benzene rings is 2. The fourth-order valence-electron chi connectivity index (χ4n) is 2.67. The summed E-state index contributed by atoms with van der Waals surface area (Å²) in [6.07, 6.45) is 0.707. The van der Waals surface area contributed by atoms with Gasteiger partial charge in [0.05, 0.1) is 4.90 Å². The molecule has 0 bridgehead atoms. The van der Waals surface area contributed by atoms with Crippen LogP contribution in [0.1, 0.15) is 18.4 Å². The maximum Gasteiger partial charge on any atom is 0.240 e. The molecule has 0 radical (unpaired) electrons. The van der Waals surface area contributed by atoms with Crippen molar-refractivity contribution in [1.29, 1.82) is 0 Å². The van der Waals surface area contributed by atoms with Gasteiger partial charge in [0, 0.05) is 26.1 Å². The molecule has 0 aliphatic heterocycles. The number of rotatable bonds is 11. The average Bonchev–Trinajstić information content (AvgIpc) is 2.68. The summed E-state index contributed by atoms with van der Waals surface area (Å²) in [7, 11) is -2.00. The molecule has 6 nitrogen and oxygen atoms in total. The minimum absolute atomic E-state index is 0.0528. The number of nitrogens with zero attached hydrogens (tertiary/aromatic N) is 1. The van der Waals surface area contributed by atoms with Gasteiger partial charge in [0.15, 0.2) is 11.6 Å². The first-order chi connectivity index (χ1) is 13.8. The van der Waals surface area contributed by atoms with Crippen molar-refractivity contribution in [3.8, 4) is 0 Å². The highest BCUT2D eigenvalue weighted by atomic mass is 32.2. The summed E-state index contributed by atoms with van der Waals surface area (Å²) in [6.45, 7) is 1.97. The molecular formula is C20H25F2N3O3S. The Morgan fingerprint density at radius 3 is 2.45 bits per heavy atom. The van der Waals surface area contributed by atoms with Crippen LogP contribution < -0.4 is 10.0 Å². The van der Waals surface area contributed by atoms with Crippen LogP contribution in [0.4, 0.5) is 8.78 Å². The van der Waals surface area contributed by atoms with E-state index in [4.69, 9.17) is 0 Å². The molecule has 9 heteroatoms. The Hall–Kier alpha value is -2.36. The fraction of sp³-hybridized carbons (Fsp3) is 0.350. The first-order valence-electron chi connectivity index (χ1n) is 9.22. The van der Waals surface area contributed by atoms with Gasteiger partial charge in [0.2, 0.25) is 15.9 Å². The van der Waals surface area contributed by atoms with Crippen LogP contribution in [-0.2, 0) is 21.4 Å². The number of hydrogen-bond donors (Lipinski definition) is 2. The van der Waals surface area contributed by atoms with Crippen molar-refractivity contribution in [2.24, 2.45) is 0 Å².